The molecular weight excluding hydrogens is 226 g/mol. The first-order chi connectivity index (χ1) is 8.81. The van der Waals surface area contributed by atoms with Crippen LogP contribution in [0, 0.1) is 0 Å². The van der Waals surface area contributed by atoms with Crippen LogP contribution in [-0.4, -0.2) is 15.0 Å². The Kier molecular flexibility index (Phi) is 4.20. The van der Waals surface area contributed by atoms with Crippen LogP contribution >= 0.6 is 0 Å². The molecule has 0 fully saturated rings. The minimum absolute atomic E-state index is 0.664. The number of hydrogen-bond acceptors (Lipinski definition) is 5. The van der Waals surface area contributed by atoms with E-state index in [1.54, 1.807) is 12.4 Å². The van der Waals surface area contributed by atoms with Gasteiger partial charge in [-0.15, -0.1) is 0 Å². The molecule has 0 atom stereocenters. The van der Waals surface area contributed by atoms with Crippen LogP contribution in [0.1, 0.15) is 30.4 Å². The van der Waals surface area contributed by atoms with Crippen LogP contribution in [-0.2, 0) is 12.8 Å². The lowest BCUT2D eigenvalue weighted by Crippen LogP contribution is -2.12. The maximum atomic E-state index is 5.43. The second kappa shape index (κ2) is 6.07. The van der Waals surface area contributed by atoms with Crippen molar-refractivity contribution >= 4 is 5.82 Å². The Balaban J connectivity index is 2.24. The Labute approximate surface area is 106 Å². The maximum absolute atomic E-state index is 5.43. The molecule has 0 amide bonds. The predicted octanol–water partition coefficient (Wildman–Crippen LogP) is 1.70. The zero-order valence-corrected chi connectivity index (χ0v) is 10.4. The fraction of sp³-hybridized carbons (Fsp3) is 0.308. The number of nitrogens with two attached hydrogens (primary N) is 1. The lowest BCUT2D eigenvalue weighted by Gasteiger charge is -2.07. The summed E-state index contributed by atoms with van der Waals surface area (Å²) in [4.78, 5) is 12.9. The Bertz CT molecular complexity index is 498. The molecule has 0 unspecified atom stereocenters. The van der Waals surface area contributed by atoms with Gasteiger partial charge in [-0.2, -0.15) is 0 Å². The molecular formula is C13H17N5. The van der Waals surface area contributed by atoms with Crippen LogP contribution in [0.15, 0.2) is 30.6 Å². The standard InChI is InChI=1S/C13H17N5/c1-2-3-11-9-13(18-14)17-12(16-11)8-10-4-6-15-7-5-10/h4-7,9H,2-3,8,14H2,1H3,(H,16,17,18). The van der Waals surface area contributed by atoms with E-state index in [0.717, 1.165) is 29.9 Å². The average Bonchev–Trinajstić information content (AvgIpc) is 2.40. The van der Waals surface area contributed by atoms with Gasteiger partial charge in [-0.3, -0.25) is 4.98 Å². The average molecular weight is 243 g/mol. The molecule has 0 aromatic carbocycles. The van der Waals surface area contributed by atoms with Crippen molar-refractivity contribution < 1.29 is 0 Å². The highest BCUT2D eigenvalue weighted by Crippen LogP contribution is 2.11. The Hall–Kier alpha value is -2.01. The maximum Gasteiger partial charge on any atom is 0.143 e. The third-order valence-corrected chi connectivity index (χ3v) is 2.59. The molecule has 0 radical (unpaired) electrons. The van der Waals surface area contributed by atoms with E-state index >= 15 is 0 Å². The van der Waals surface area contributed by atoms with Crippen LogP contribution in [0.3, 0.4) is 0 Å². The first kappa shape index (κ1) is 12.4. The van der Waals surface area contributed by atoms with Gasteiger partial charge in [-0.1, -0.05) is 13.3 Å². The number of nitrogen functional groups attached to an aromatic ring is 1. The SMILES string of the molecule is CCCc1cc(NN)nc(Cc2ccncc2)n1. The quantitative estimate of drug-likeness (QED) is 0.617. The fourth-order valence-corrected chi connectivity index (χ4v) is 1.77. The molecule has 0 bridgehead atoms. The minimum Gasteiger partial charge on any atom is -0.308 e. The second-order valence-corrected chi connectivity index (χ2v) is 4.09. The zero-order chi connectivity index (χ0) is 12.8. The molecule has 0 saturated carbocycles. The smallest absolute Gasteiger partial charge is 0.143 e. The highest BCUT2D eigenvalue weighted by molar-refractivity contribution is 5.35. The van der Waals surface area contributed by atoms with Gasteiger partial charge in [0.05, 0.1) is 0 Å². The molecule has 0 aliphatic heterocycles. The molecule has 2 rings (SSSR count). The molecule has 2 aromatic heterocycles. The van der Waals surface area contributed by atoms with Gasteiger partial charge in [0.2, 0.25) is 0 Å². The Morgan fingerprint density at radius 1 is 1.22 bits per heavy atom. The molecule has 0 spiro atoms. The molecule has 18 heavy (non-hydrogen) atoms. The zero-order valence-electron chi connectivity index (χ0n) is 10.4. The van der Waals surface area contributed by atoms with Gasteiger partial charge in [0.25, 0.3) is 0 Å². The Morgan fingerprint density at radius 3 is 2.67 bits per heavy atom. The van der Waals surface area contributed by atoms with Gasteiger partial charge in [-0.25, -0.2) is 15.8 Å². The van der Waals surface area contributed by atoms with Crippen molar-refractivity contribution in [2.75, 3.05) is 5.43 Å². The normalized spacial score (nSPS) is 10.3. The third kappa shape index (κ3) is 3.24. The van der Waals surface area contributed by atoms with Crippen molar-refractivity contribution in [3.63, 3.8) is 0 Å². The topological polar surface area (TPSA) is 76.7 Å². The lowest BCUT2D eigenvalue weighted by molar-refractivity contribution is 0.841. The van der Waals surface area contributed by atoms with E-state index in [9.17, 15) is 0 Å². The van der Waals surface area contributed by atoms with E-state index in [0.29, 0.717) is 12.2 Å². The first-order valence-electron chi connectivity index (χ1n) is 6.04. The van der Waals surface area contributed by atoms with Crippen molar-refractivity contribution in [3.8, 4) is 0 Å². The molecule has 94 valence electrons. The number of rotatable bonds is 5. The summed E-state index contributed by atoms with van der Waals surface area (Å²) in [5, 5.41) is 0. The van der Waals surface area contributed by atoms with Gasteiger partial charge in [-0.05, 0) is 24.1 Å². The Morgan fingerprint density at radius 2 is 2.00 bits per heavy atom. The van der Waals surface area contributed by atoms with E-state index in [1.807, 2.05) is 18.2 Å². The molecule has 0 aliphatic rings. The number of nitrogens with zero attached hydrogens (tertiary/aromatic N) is 3. The van der Waals surface area contributed by atoms with Gasteiger partial charge in [0.15, 0.2) is 0 Å². The summed E-state index contributed by atoms with van der Waals surface area (Å²) in [7, 11) is 0. The third-order valence-electron chi connectivity index (χ3n) is 2.59. The number of aryl methyl sites for hydroxylation is 1. The molecule has 0 aliphatic carbocycles. The molecule has 2 heterocycles. The van der Waals surface area contributed by atoms with Crippen LogP contribution in [0.25, 0.3) is 0 Å². The monoisotopic (exact) mass is 243 g/mol. The summed E-state index contributed by atoms with van der Waals surface area (Å²) in [5.74, 6) is 6.87. The van der Waals surface area contributed by atoms with E-state index in [-0.39, 0.29) is 0 Å². The van der Waals surface area contributed by atoms with Crippen LogP contribution in [0.2, 0.25) is 0 Å². The molecule has 3 N–H and O–H groups in total. The number of nitrogens with one attached hydrogen (secondary N) is 1. The summed E-state index contributed by atoms with van der Waals surface area (Å²) in [5.41, 5.74) is 4.75. The number of anilines is 1. The van der Waals surface area contributed by atoms with E-state index in [2.05, 4.69) is 27.3 Å². The van der Waals surface area contributed by atoms with Gasteiger partial charge in [0, 0.05) is 30.6 Å². The number of hydrogen-bond donors (Lipinski definition) is 2. The summed E-state index contributed by atoms with van der Waals surface area (Å²) >= 11 is 0. The summed E-state index contributed by atoms with van der Waals surface area (Å²) in [6.45, 7) is 2.13. The summed E-state index contributed by atoms with van der Waals surface area (Å²) < 4.78 is 0. The van der Waals surface area contributed by atoms with Crippen molar-refractivity contribution in [2.45, 2.75) is 26.2 Å². The number of pyridine rings is 1. The highest BCUT2D eigenvalue weighted by Gasteiger charge is 2.04. The van der Waals surface area contributed by atoms with Gasteiger partial charge in [0.1, 0.15) is 11.6 Å². The van der Waals surface area contributed by atoms with E-state index in [1.165, 1.54) is 0 Å². The first-order valence-corrected chi connectivity index (χ1v) is 6.04. The highest BCUT2D eigenvalue weighted by atomic mass is 15.3. The van der Waals surface area contributed by atoms with Gasteiger partial charge < -0.3 is 5.43 Å². The van der Waals surface area contributed by atoms with Crippen molar-refractivity contribution in [3.05, 3.63) is 47.7 Å². The van der Waals surface area contributed by atoms with Crippen LogP contribution < -0.4 is 11.3 Å². The summed E-state index contributed by atoms with van der Waals surface area (Å²) in [6, 6.07) is 5.82. The van der Waals surface area contributed by atoms with Gasteiger partial charge >= 0.3 is 0 Å². The van der Waals surface area contributed by atoms with Crippen LogP contribution in [0.4, 0.5) is 5.82 Å². The molecule has 5 heteroatoms. The van der Waals surface area contributed by atoms with Crippen LogP contribution in [0.5, 0.6) is 0 Å². The second-order valence-electron chi connectivity index (χ2n) is 4.09. The number of aromatic nitrogens is 3. The number of hydrazine groups is 1. The summed E-state index contributed by atoms with van der Waals surface area (Å²) in [6.07, 6.45) is 6.21. The van der Waals surface area contributed by atoms with E-state index in [4.69, 9.17) is 5.84 Å². The van der Waals surface area contributed by atoms with Crippen molar-refractivity contribution in [1.82, 2.24) is 15.0 Å². The van der Waals surface area contributed by atoms with Crippen molar-refractivity contribution in [2.24, 2.45) is 5.84 Å². The van der Waals surface area contributed by atoms with E-state index < -0.39 is 0 Å². The van der Waals surface area contributed by atoms with Crippen molar-refractivity contribution in [1.29, 1.82) is 0 Å². The largest absolute Gasteiger partial charge is 0.308 e. The fourth-order valence-electron chi connectivity index (χ4n) is 1.77. The molecule has 5 nitrogen and oxygen atoms in total. The molecule has 2 aromatic rings. The minimum atomic E-state index is 0.664. The molecule has 0 saturated heterocycles. The lowest BCUT2D eigenvalue weighted by atomic mass is 10.2. The predicted molar refractivity (Wildman–Crippen MR) is 70.9 cm³/mol.